The lowest BCUT2D eigenvalue weighted by atomic mass is 10.1. The SMILES string of the molecule is COc1cc(C(=O)N2CCCC(O)C2)cc(NC(=O)CC(F)(F)F)c1OC. The molecule has 150 valence electrons. The van der Waals surface area contributed by atoms with Crippen molar-refractivity contribution in [2.75, 3.05) is 32.6 Å². The maximum absolute atomic E-state index is 12.7. The highest BCUT2D eigenvalue weighted by atomic mass is 19.4. The number of halogens is 3. The van der Waals surface area contributed by atoms with Crippen LogP contribution >= 0.6 is 0 Å². The molecule has 7 nitrogen and oxygen atoms in total. The summed E-state index contributed by atoms with van der Waals surface area (Å²) in [5, 5.41) is 11.9. The molecular formula is C17H21F3N2O5. The van der Waals surface area contributed by atoms with Gasteiger partial charge in [0.15, 0.2) is 11.5 Å². The molecule has 0 aromatic heterocycles. The van der Waals surface area contributed by atoms with E-state index in [2.05, 4.69) is 5.32 Å². The monoisotopic (exact) mass is 390 g/mol. The highest BCUT2D eigenvalue weighted by molar-refractivity contribution is 5.99. The molecule has 0 spiro atoms. The average molecular weight is 390 g/mol. The van der Waals surface area contributed by atoms with Gasteiger partial charge in [0.25, 0.3) is 5.91 Å². The van der Waals surface area contributed by atoms with Crippen LogP contribution in [0, 0.1) is 0 Å². The number of aliphatic hydroxyl groups excluding tert-OH is 1. The number of alkyl halides is 3. The molecule has 10 heteroatoms. The number of piperidine rings is 1. The van der Waals surface area contributed by atoms with E-state index < -0.39 is 30.5 Å². The number of hydrogen-bond donors (Lipinski definition) is 2. The van der Waals surface area contributed by atoms with Crippen LogP contribution in [0.1, 0.15) is 29.6 Å². The van der Waals surface area contributed by atoms with Crippen LogP contribution in [0.3, 0.4) is 0 Å². The number of methoxy groups -OCH3 is 2. The number of carbonyl (C=O) groups excluding carboxylic acids is 2. The molecule has 0 bridgehead atoms. The summed E-state index contributed by atoms with van der Waals surface area (Å²) in [6.07, 6.45) is -5.74. The first-order valence-electron chi connectivity index (χ1n) is 8.24. The van der Waals surface area contributed by atoms with Crippen molar-refractivity contribution in [1.29, 1.82) is 0 Å². The molecule has 2 rings (SSSR count). The van der Waals surface area contributed by atoms with Gasteiger partial charge in [-0.05, 0) is 25.0 Å². The number of β-amino-alcohol motifs (C(OH)–C–C–N with tert-alkyl or cyclic N) is 1. The maximum Gasteiger partial charge on any atom is 0.397 e. The molecule has 1 aromatic rings. The quantitative estimate of drug-likeness (QED) is 0.805. The number of nitrogens with zero attached hydrogens (tertiary/aromatic N) is 1. The molecule has 1 aromatic carbocycles. The lowest BCUT2D eigenvalue weighted by molar-refractivity contribution is -0.150. The second-order valence-corrected chi connectivity index (χ2v) is 6.15. The van der Waals surface area contributed by atoms with Gasteiger partial charge in [-0.3, -0.25) is 9.59 Å². The number of benzene rings is 1. The molecule has 1 saturated heterocycles. The molecule has 0 saturated carbocycles. The number of amides is 2. The summed E-state index contributed by atoms with van der Waals surface area (Å²) in [4.78, 5) is 25.8. The van der Waals surface area contributed by atoms with E-state index in [-0.39, 0.29) is 29.3 Å². The smallest absolute Gasteiger partial charge is 0.397 e. The van der Waals surface area contributed by atoms with Gasteiger partial charge in [0.05, 0.1) is 26.0 Å². The Kier molecular flexibility index (Phi) is 6.53. The molecule has 1 heterocycles. The zero-order valence-electron chi connectivity index (χ0n) is 14.9. The Labute approximate surface area is 154 Å². The first-order chi connectivity index (χ1) is 12.6. The van der Waals surface area contributed by atoms with Crippen LogP contribution in [-0.4, -0.2) is 61.4 Å². The van der Waals surface area contributed by atoms with Gasteiger partial charge in [-0.15, -0.1) is 0 Å². The van der Waals surface area contributed by atoms with Gasteiger partial charge in [0.1, 0.15) is 6.42 Å². The van der Waals surface area contributed by atoms with Gasteiger partial charge in [-0.1, -0.05) is 0 Å². The minimum absolute atomic E-state index is 0.00301. The molecular weight excluding hydrogens is 369 g/mol. The van der Waals surface area contributed by atoms with Crippen molar-refractivity contribution in [3.05, 3.63) is 17.7 Å². The molecule has 0 radical (unpaired) electrons. The van der Waals surface area contributed by atoms with Crippen molar-refractivity contribution in [3.8, 4) is 11.5 Å². The maximum atomic E-state index is 12.7. The Morgan fingerprint density at radius 1 is 1.30 bits per heavy atom. The number of aliphatic hydroxyl groups is 1. The predicted molar refractivity (Wildman–Crippen MR) is 90.0 cm³/mol. The highest BCUT2D eigenvalue weighted by Crippen LogP contribution is 2.37. The number of nitrogens with one attached hydrogen (secondary N) is 1. The van der Waals surface area contributed by atoms with Crippen LogP contribution in [-0.2, 0) is 4.79 Å². The van der Waals surface area contributed by atoms with Crippen LogP contribution in [0.25, 0.3) is 0 Å². The van der Waals surface area contributed by atoms with Crippen LogP contribution in [0.4, 0.5) is 18.9 Å². The van der Waals surface area contributed by atoms with Gasteiger partial charge in [-0.25, -0.2) is 0 Å². The lowest BCUT2D eigenvalue weighted by Gasteiger charge is -2.30. The Morgan fingerprint density at radius 3 is 2.56 bits per heavy atom. The standard InChI is InChI=1S/C17H21F3N2O5/c1-26-13-7-10(16(25)22-5-3-4-11(23)9-22)6-12(15(13)27-2)21-14(24)8-17(18,19)20/h6-7,11,23H,3-5,8-9H2,1-2H3,(H,21,24). The van der Waals surface area contributed by atoms with Crippen molar-refractivity contribution in [3.63, 3.8) is 0 Å². The number of anilines is 1. The molecule has 1 aliphatic heterocycles. The third-order valence-corrected chi connectivity index (χ3v) is 4.04. The Balaban J connectivity index is 2.33. The number of ether oxygens (including phenoxy) is 2. The van der Waals surface area contributed by atoms with Crippen molar-refractivity contribution in [2.24, 2.45) is 0 Å². The first-order valence-corrected chi connectivity index (χ1v) is 8.24. The summed E-state index contributed by atoms with van der Waals surface area (Å²) < 4.78 is 47.5. The molecule has 0 aliphatic carbocycles. The molecule has 1 aliphatic rings. The summed E-state index contributed by atoms with van der Waals surface area (Å²) in [5.74, 6) is -1.63. The fourth-order valence-corrected chi connectivity index (χ4v) is 2.88. The largest absolute Gasteiger partial charge is 0.493 e. The number of likely N-dealkylation sites (tertiary alicyclic amines) is 1. The van der Waals surface area contributed by atoms with Crippen molar-refractivity contribution >= 4 is 17.5 Å². The molecule has 2 amide bonds. The minimum Gasteiger partial charge on any atom is -0.493 e. The molecule has 2 N–H and O–H groups in total. The second kappa shape index (κ2) is 8.47. The summed E-state index contributed by atoms with van der Waals surface area (Å²) >= 11 is 0. The van der Waals surface area contributed by atoms with E-state index in [0.717, 1.165) is 0 Å². The minimum atomic E-state index is -4.67. The zero-order chi connectivity index (χ0) is 20.2. The summed E-state index contributed by atoms with van der Waals surface area (Å²) in [6, 6.07) is 2.61. The second-order valence-electron chi connectivity index (χ2n) is 6.15. The topological polar surface area (TPSA) is 88.1 Å². The molecule has 1 unspecified atom stereocenters. The summed E-state index contributed by atoms with van der Waals surface area (Å²) in [6.45, 7) is 0.600. The van der Waals surface area contributed by atoms with E-state index in [0.29, 0.717) is 19.4 Å². The predicted octanol–water partition coefficient (Wildman–Crippen LogP) is 2.19. The van der Waals surface area contributed by atoms with Crippen LogP contribution in [0.5, 0.6) is 11.5 Å². The van der Waals surface area contributed by atoms with Gasteiger partial charge >= 0.3 is 6.18 Å². The van der Waals surface area contributed by atoms with Crippen LogP contribution in [0.15, 0.2) is 12.1 Å². The van der Waals surface area contributed by atoms with E-state index in [1.807, 2.05) is 0 Å². The first kappa shape index (κ1) is 20.8. The number of rotatable bonds is 5. The zero-order valence-corrected chi connectivity index (χ0v) is 14.9. The fraction of sp³-hybridized carbons (Fsp3) is 0.529. The van der Waals surface area contributed by atoms with Crippen molar-refractivity contribution < 1.29 is 37.3 Å². The van der Waals surface area contributed by atoms with Gasteiger partial charge in [0.2, 0.25) is 5.91 Å². The number of hydrogen-bond acceptors (Lipinski definition) is 5. The third kappa shape index (κ3) is 5.49. The van der Waals surface area contributed by atoms with E-state index >= 15 is 0 Å². The van der Waals surface area contributed by atoms with Gasteiger partial charge in [0, 0.05) is 18.7 Å². The third-order valence-electron chi connectivity index (χ3n) is 4.04. The average Bonchev–Trinajstić information content (AvgIpc) is 2.58. The van der Waals surface area contributed by atoms with Gasteiger partial charge < -0.3 is 24.8 Å². The molecule has 27 heavy (non-hydrogen) atoms. The van der Waals surface area contributed by atoms with Gasteiger partial charge in [-0.2, -0.15) is 13.2 Å². The Hall–Kier alpha value is -2.49. The fourth-order valence-electron chi connectivity index (χ4n) is 2.88. The van der Waals surface area contributed by atoms with E-state index in [4.69, 9.17) is 9.47 Å². The summed E-state index contributed by atoms with van der Waals surface area (Å²) in [7, 11) is 2.57. The normalized spacial score (nSPS) is 17.4. The van der Waals surface area contributed by atoms with Crippen LogP contribution in [0.2, 0.25) is 0 Å². The van der Waals surface area contributed by atoms with E-state index in [1.165, 1.54) is 31.3 Å². The Bertz CT molecular complexity index is 709. The van der Waals surface area contributed by atoms with Crippen LogP contribution < -0.4 is 14.8 Å². The molecule has 1 fully saturated rings. The molecule has 1 atom stereocenters. The van der Waals surface area contributed by atoms with E-state index in [1.54, 1.807) is 0 Å². The Morgan fingerprint density at radius 2 is 2.00 bits per heavy atom. The summed E-state index contributed by atoms with van der Waals surface area (Å²) in [5.41, 5.74) is -0.00364. The van der Waals surface area contributed by atoms with E-state index in [9.17, 15) is 27.9 Å². The van der Waals surface area contributed by atoms with Crippen molar-refractivity contribution in [1.82, 2.24) is 4.90 Å². The van der Waals surface area contributed by atoms with Crippen molar-refractivity contribution in [2.45, 2.75) is 31.5 Å². The highest BCUT2D eigenvalue weighted by Gasteiger charge is 2.32. The number of carbonyl (C=O) groups is 2. The lowest BCUT2D eigenvalue weighted by Crippen LogP contribution is -2.42.